The molecule has 5 heteroatoms. The Bertz CT molecular complexity index is 574. The molecule has 16 heavy (non-hydrogen) atoms. The summed E-state index contributed by atoms with van der Waals surface area (Å²) in [6.45, 7) is 3.40. The van der Waals surface area contributed by atoms with Gasteiger partial charge in [-0.2, -0.15) is 0 Å². The molecule has 0 aliphatic heterocycles. The summed E-state index contributed by atoms with van der Waals surface area (Å²) in [7, 11) is 1.94. The molecule has 0 fully saturated rings. The quantitative estimate of drug-likeness (QED) is 0.680. The van der Waals surface area contributed by atoms with Crippen LogP contribution in [0.5, 0.6) is 0 Å². The third-order valence-corrected chi connectivity index (χ3v) is 3.08. The molecule has 0 bridgehead atoms. The number of pyridine rings is 1. The standard InChI is InChI=1S/C11H10IN3O/c1-3-10(16)14-7-4-8-9(12)6-15(2)11(8)13-5-7/h3-6H,1H2,2H3,(H,14,16). The number of aryl methyl sites for hydroxylation is 1. The molecular formula is C11H10IN3O. The molecule has 1 N–H and O–H groups in total. The van der Waals surface area contributed by atoms with Crippen LogP contribution in [-0.4, -0.2) is 15.5 Å². The predicted octanol–water partition coefficient (Wildman–Crippen LogP) is 2.30. The van der Waals surface area contributed by atoms with Crippen LogP contribution in [0.25, 0.3) is 11.0 Å². The van der Waals surface area contributed by atoms with Gasteiger partial charge in [0.15, 0.2) is 0 Å². The molecule has 0 atom stereocenters. The van der Waals surface area contributed by atoms with Crippen molar-refractivity contribution < 1.29 is 4.79 Å². The van der Waals surface area contributed by atoms with E-state index in [1.165, 1.54) is 6.08 Å². The minimum absolute atomic E-state index is 0.230. The van der Waals surface area contributed by atoms with Crippen LogP contribution in [0, 0.1) is 3.57 Å². The first-order valence-electron chi connectivity index (χ1n) is 4.66. The summed E-state index contributed by atoms with van der Waals surface area (Å²) in [6, 6.07) is 1.91. The molecule has 0 radical (unpaired) electrons. The third kappa shape index (κ3) is 1.95. The maximum absolute atomic E-state index is 11.1. The van der Waals surface area contributed by atoms with Gasteiger partial charge in [-0.15, -0.1) is 0 Å². The molecule has 0 aromatic carbocycles. The number of hydrogen-bond acceptors (Lipinski definition) is 2. The van der Waals surface area contributed by atoms with Crippen molar-refractivity contribution in [2.24, 2.45) is 7.05 Å². The molecule has 4 nitrogen and oxygen atoms in total. The number of nitrogens with zero attached hydrogens (tertiary/aromatic N) is 2. The zero-order valence-corrected chi connectivity index (χ0v) is 10.9. The van der Waals surface area contributed by atoms with Crippen molar-refractivity contribution in [3.8, 4) is 0 Å². The average molecular weight is 327 g/mol. The monoisotopic (exact) mass is 327 g/mol. The molecule has 0 spiro atoms. The largest absolute Gasteiger partial charge is 0.334 e. The summed E-state index contributed by atoms with van der Waals surface area (Å²) in [5.74, 6) is -0.230. The van der Waals surface area contributed by atoms with Crippen LogP contribution in [0.1, 0.15) is 0 Å². The second-order valence-corrected chi connectivity index (χ2v) is 4.54. The average Bonchev–Trinajstić information content (AvgIpc) is 2.54. The minimum atomic E-state index is -0.230. The normalized spacial score (nSPS) is 10.4. The lowest BCUT2D eigenvalue weighted by Crippen LogP contribution is -2.07. The smallest absolute Gasteiger partial charge is 0.247 e. The van der Waals surface area contributed by atoms with E-state index in [1.54, 1.807) is 6.20 Å². The number of halogens is 1. The highest BCUT2D eigenvalue weighted by Gasteiger charge is 2.07. The highest BCUT2D eigenvalue weighted by atomic mass is 127. The molecule has 2 aromatic heterocycles. The fourth-order valence-corrected chi connectivity index (χ4v) is 2.29. The lowest BCUT2D eigenvalue weighted by molar-refractivity contribution is -0.111. The zero-order chi connectivity index (χ0) is 11.7. The maximum Gasteiger partial charge on any atom is 0.247 e. The van der Waals surface area contributed by atoms with Crippen LogP contribution in [0.2, 0.25) is 0 Å². The van der Waals surface area contributed by atoms with E-state index in [9.17, 15) is 4.79 Å². The Morgan fingerprint density at radius 1 is 1.69 bits per heavy atom. The molecule has 2 heterocycles. The van der Waals surface area contributed by atoms with Gasteiger partial charge in [-0.1, -0.05) is 6.58 Å². The van der Waals surface area contributed by atoms with Crippen LogP contribution in [0.3, 0.4) is 0 Å². The molecule has 0 saturated heterocycles. The Balaban J connectivity index is 2.47. The Morgan fingerprint density at radius 2 is 2.44 bits per heavy atom. The summed E-state index contributed by atoms with van der Waals surface area (Å²) in [4.78, 5) is 15.4. The van der Waals surface area contributed by atoms with Gasteiger partial charge in [-0.25, -0.2) is 4.98 Å². The van der Waals surface area contributed by atoms with Gasteiger partial charge in [0.1, 0.15) is 5.65 Å². The molecule has 2 aromatic rings. The molecule has 0 aliphatic carbocycles. The van der Waals surface area contributed by atoms with E-state index in [2.05, 4.69) is 39.5 Å². The number of anilines is 1. The van der Waals surface area contributed by atoms with Crippen molar-refractivity contribution in [3.63, 3.8) is 0 Å². The number of hydrogen-bond donors (Lipinski definition) is 1. The van der Waals surface area contributed by atoms with Gasteiger partial charge in [0.2, 0.25) is 5.91 Å². The highest BCUT2D eigenvalue weighted by molar-refractivity contribution is 14.1. The maximum atomic E-state index is 11.1. The highest BCUT2D eigenvalue weighted by Crippen LogP contribution is 2.23. The molecule has 2 rings (SSSR count). The van der Waals surface area contributed by atoms with Crippen molar-refractivity contribution in [2.75, 3.05) is 5.32 Å². The van der Waals surface area contributed by atoms with Gasteiger partial charge in [-0.3, -0.25) is 4.79 Å². The van der Waals surface area contributed by atoms with E-state index in [-0.39, 0.29) is 5.91 Å². The molecule has 0 saturated carbocycles. The number of fused-ring (bicyclic) bond motifs is 1. The second kappa shape index (κ2) is 4.25. The molecule has 82 valence electrons. The van der Waals surface area contributed by atoms with Gasteiger partial charge < -0.3 is 9.88 Å². The van der Waals surface area contributed by atoms with Gasteiger partial charge in [0.05, 0.1) is 11.9 Å². The Hall–Kier alpha value is -1.37. The number of carbonyl (C=O) groups is 1. The van der Waals surface area contributed by atoms with Gasteiger partial charge in [-0.05, 0) is 34.7 Å². The lowest BCUT2D eigenvalue weighted by atomic mass is 10.3. The topological polar surface area (TPSA) is 46.9 Å². The zero-order valence-electron chi connectivity index (χ0n) is 8.70. The fraction of sp³-hybridized carbons (Fsp3) is 0.0909. The first-order valence-corrected chi connectivity index (χ1v) is 5.73. The number of amides is 1. The third-order valence-electron chi connectivity index (χ3n) is 2.22. The number of nitrogens with one attached hydrogen (secondary N) is 1. The van der Waals surface area contributed by atoms with E-state index in [1.807, 2.05) is 23.9 Å². The molecular weight excluding hydrogens is 317 g/mol. The molecule has 0 unspecified atom stereocenters. The van der Waals surface area contributed by atoms with Crippen molar-refractivity contribution in [1.82, 2.24) is 9.55 Å². The Kier molecular flexibility index (Phi) is 2.95. The van der Waals surface area contributed by atoms with Crippen molar-refractivity contribution in [2.45, 2.75) is 0 Å². The van der Waals surface area contributed by atoms with Crippen LogP contribution < -0.4 is 5.32 Å². The van der Waals surface area contributed by atoms with Crippen LogP contribution in [0.15, 0.2) is 31.1 Å². The van der Waals surface area contributed by atoms with Crippen molar-refractivity contribution >= 4 is 45.2 Å². The van der Waals surface area contributed by atoms with Gasteiger partial charge >= 0.3 is 0 Å². The summed E-state index contributed by atoms with van der Waals surface area (Å²) in [5, 5.41) is 3.72. The van der Waals surface area contributed by atoms with Crippen LogP contribution in [-0.2, 0) is 11.8 Å². The van der Waals surface area contributed by atoms with E-state index in [4.69, 9.17) is 0 Å². The summed E-state index contributed by atoms with van der Waals surface area (Å²) in [5.41, 5.74) is 1.59. The second-order valence-electron chi connectivity index (χ2n) is 3.38. The van der Waals surface area contributed by atoms with Crippen LogP contribution in [0.4, 0.5) is 5.69 Å². The lowest BCUT2D eigenvalue weighted by Gasteiger charge is -2.02. The minimum Gasteiger partial charge on any atom is -0.334 e. The van der Waals surface area contributed by atoms with E-state index < -0.39 is 0 Å². The molecule has 0 aliphatic rings. The SMILES string of the molecule is C=CC(=O)Nc1cnc2c(c1)c(I)cn2C. The predicted molar refractivity (Wildman–Crippen MR) is 72.3 cm³/mol. The van der Waals surface area contributed by atoms with Crippen molar-refractivity contribution in [3.05, 3.63) is 34.7 Å². The van der Waals surface area contributed by atoms with Crippen LogP contribution >= 0.6 is 22.6 Å². The van der Waals surface area contributed by atoms with Crippen molar-refractivity contribution in [1.29, 1.82) is 0 Å². The molecule has 1 amide bonds. The number of rotatable bonds is 2. The number of carbonyl (C=O) groups excluding carboxylic acids is 1. The Labute approximate surface area is 106 Å². The van der Waals surface area contributed by atoms with E-state index in [0.717, 1.165) is 14.6 Å². The summed E-state index contributed by atoms with van der Waals surface area (Å²) < 4.78 is 3.06. The number of aromatic nitrogens is 2. The van der Waals surface area contributed by atoms with E-state index in [0.29, 0.717) is 5.69 Å². The summed E-state index contributed by atoms with van der Waals surface area (Å²) >= 11 is 2.24. The first-order chi connectivity index (χ1) is 7.61. The van der Waals surface area contributed by atoms with Gasteiger partial charge in [0, 0.05) is 22.2 Å². The summed E-state index contributed by atoms with van der Waals surface area (Å²) in [6.07, 6.45) is 4.87. The van der Waals surface area contributed by atoms with Gasteiger partial charge in [0.25, 0.3) is 0 Å². The fourth-order valence-electron chi connectivity index (χ4n) is 1.48. The first kappa shape index (κ1) is 11.1. The van der Waals surface area contributed by atoms with E-state index >= 15 is 0 Å². The Morgan fingerprint density at radius 3 is 3.12 bits per heavy atom.